The molecule has 0 fully saturated rings. The van der Waals surface area contributed by atoms with Crippen LogP contribution in [0.1, 0.15) is 11.3 Å². The minimum atomic E-state index is 0.0549. The van der Waals surface area contributed by atoms with Crippen molar-refractivity contribution in [3.8, 4) is 0 Å². The number of hydrogen-bond acceptors (Lipinski definition) is 2. The van der Waals surface area contributed by atoms with E-state index in [9.17, 15) is 0 Å². The monoisotopic (exact) mass is 162 g/mol. The van der Waals surface area contributed by atoms with Crippen LogP contribution in [0.25, 0.3) is 5.52 Å². The topological polar surface area (TPSA) is 37.5 Å². The molecule has 0 bridgehead atoms. The van der Waals surface area contributed by atoms with E-state index >= 15 is 0 Å². The first-order valence-electron chi connectivity index (χ1n) is 3.86. The Kier molecular flexibility index (Phi) is 1.59. The molecule has 3 heteroatoms. The molecule has 0 radical (unpaired) electrons. The van der Waals surface area contributed by atoms with Gasteiger partial charge in [-0.15, -0.1) is 0 Å². The van der Waals surface area contributed by atoms with Gasteiger partial charge in [0.15, 0.2) is 0 Å². The van der Waals surface area contributed by atoms with Crippen molar-refractivity contribution < 1.29 is 5.11 Å². The molecule has 2 rings (SSSR count). The van der Waals surface area contributed by atoms with Crippen molar-refractivity contribution in [2.75, 3.05) is 0 Å². The molecule has 0 amide bonds. The van der Waals surface area contributed by atoms with Gasteiger partial charge in [-0.1, -0.05) is 6.07 Å². The Bertz CT molecular complexity index is 406. The van der Waals surface area contributed by atoms with Crippen LogP contribution in [0.15, 0.2) is 24.4 Å². The Hall–Kier alpha value is -1.35. The SMILES string of the molecule is Cc1nn2ccccc2c1CO. The Morgan fingerprint density at radius 3 is 3.08 bits per heavy atom. The van der Waals surface area contributed by atoms with Gasteiger partial charge in [0.05, 0.1) is 17.8 Å². The first-order chi connectivity index (χ1) is 5.83. The number of rotatable bonds is 1. The summed E-state index contributed by atoms with van der Waals surface area (Å²) in [7, 11) is 0. The van der Waals surface area contributed by atoms with Crippen molar-refractivity contribution in [2.24, 2.45) is 0 Å². The highest BCUT2D eigenvalue weighted by molar-refractivity contribution is 5.55. The minimum Gasteiger partial charge on any atom is -0.392 e. The Morgan fingerprint density at radius 2 is 2.33 bits per heavy atom. The summed E-state index contributed by atoms with van der Waals surface area (Å²) in [6.45, 7) is 1.96. The molecule has 0 aliphatic heterocycles. The molecule has 62 valence electrons. The fourth-order valence-electron chi connectivity index (χ4n) is 1.36. The second kappa shape index (κ2) is 2.60. The molecule has 0 atom stereocenters. The molecule has 0 aliphatic rings. The minimum absolute atomic E-state index is 0.0549. The lowest BCUT2D eigenvalue weighted by Gasteiger charge is -1.92. The molecule has 0 saturated carbocycles. The number of nitrogens with zero attached hydrogens (tertiary/aromatic N) is 2. The first-order valence-corrected chi connectivity index (χ1v) is 3.86. The number of aromatic nitrogens is 2. The van der Waals surface area contributed by atoms with Crippen molar-refractivity contribution in [3.05, 3.63) is 35.7 Å². The van der Waals surface area contributed by atoms with E-state index < -0.39 is 0 Å². The molecule has 1 N–H and O–H groups in total. The molecule has 0 spiro atoms. The number of aliphatic hydroxyl groups excluding tert-OH is 1. The predicted octanol–water partition coefficient (Wildman–Crippen LogP) is 1.14. The van der Waals surface area contributed by atoms with Crippen molar-refractivity contribution in [2.45, 2.75) is 13.5 Å². The molecule has 0 aromatic carbocycles. The first kappa shape index (κ1) is 7.31. The quantitative estimate of drug-likeness (QED) is 0.682. The molecule has 0 aliphatic carbocycles. The van der Waals surface area contributed by atoms with Gasteiger partial charge in [0, 0.05) is 11.8 Å². The molecule has 2 aromatic rings. The number of aryl methyl sites for hydroxylation is 1. The molecule has 2 heterocycles. The second-order valence-electron chi connectivity index (χ2n) is 2.75. The standard InChI is InChI=1S/C9H10N2O/c1-7-8(6-12)9-4-2-3-5-11(9)10-7/h2-5,12H,6H2,1H3. The number of fused-ring (bicyclic) bond motifs is 1. The van der Waals surface area contributed by atoms with E-state index in [1.54, 1.807) is 4.52 Å². The Labute approximate surface area is 70.3 Å². The Balaban J connectivity index is 2.81. The third-order valence-electron chi connectivity index (χ3n) is 2.00. The fourth-order valence-corrected chi connectivity index (χ4v) is 1.36. The summed E-state index contributed by atoms with van der Waals surface area (Å²) in [6.07, 6.45) is 1.88. The molecule has 2 aromatic heterocycles. The summed E-state index contributed by atoms with van der Waals surface area (Å²) in [4.78, 5) is 0. The summed E-state index contributed by atoms with van der Waals surface area (Å²) in [5, 5.41) is 13.3. The third-order valence-corrected chi connectivity index (χ3v) is 2.00. The lowest BCUT2D eigenvalue weighted by atomic mass is 10.2. The maximum absolute atomic E-state index is 9.05. The van der Waals surface area contributed by atoms with Crippen LogP contribution in [0.3, 0.4) is 0 Å². The van der Waals surface area contributed by atoms with Crippen LogP contribution in [0.2, 0.25) is 0 Å². The fraction of sp³-hybridized carbons (Fsp3) is 0.222. The van der Waals surface area contributed by atoms with E-state index in [-0.39, 0.29) is 6.61 Å². The van der Waals surface area contributed by atoms with Crippen LogP contribution in [0.5, 0.6) is 0 Å². The van der Waals surface area contributed by atoms with Gasteiger partial charge in [0.2, 0.25) is 0 Å². The lowest BCUT2D eigenvalue weighted by molar-refractivity contribution is 0.282. The van der Waals surface area contributed by atoms with Crippen molar-refractivity contribution in [1.29, 1.82) is 0 Å². The zero-order valence-electron chi connectivity index (χ0n) is 6.86. The molecule has 3 nitrogen and oxygen atoms in total. The Morgan fingerprint density at radius 1 is 1.50 bits per heavy atom. The van der Waals surface area contributed by atoms with Gasteiger partial charge in [-0.05, 0) is 19.1 Å². The van der Waals surface area contributed by atoms with E-state index in [2.05, 4.69) is 5.10 Å². The largest absolute Gasteiger partial charge is 0.392 e. The van der Waals surface area contributed by atoms with Crippen LogP contribution in [0, 0.1) is 6.92 Å². The molecule has 12 heavy (non-hydrogen) atoms. The van der Waals surface area contributed by atoms with Crippen molar-refractivity contribution >= 4 is 5.52 Å². The van der Waals surface area contributed by atoms with E-state index in [0.717, 1.165) is 16.8 Å². The zero-order valence-corrected chi connectivity index (χ0v) is 6.86. The highest BCUT2D eigenvalue weighted by Crippen LogP contribution is 2.13. The van der Waals surface area contributed by atoms with Gasteiger partial charge in [-0.25, -0.2) is 4.52 Å². The van der Waals surface area contributed by atoms with Crippen LogP contribution in [0.4, 0.5) is 0 Å². The van der Waals surface area contributed by atoms with Gasteiger partial charge >= 0.3 is 0 Å². The van der Waals surface area contributed by atoms with E-state index in [0.29, 0.717) is 0 Å². The maximum atomic E-state index is 9.05. The highest BCUT2D eigenvalue weighted by Gasteiger charge is 2.05. The summed E-state index contributed by atoms with van der Waals surface area (Å²) in [5.41, 5.74) is 2.79. The van der Waals surface area contributed by atoms with Gasteiger partial charge < -0.3 is 5.11 Å². The highest BCUT2D eigenvalue weighted by atomic mass is 16.3. The van der Waals surface area contributed by atoms with Gasteiger partial charge in [0.1, 0.15) is 0 Å². The van der Waals surface area contributed by atoms with Crippen molar-refractivity contribution in [1.82, 2.24) is 9.61 Å². The second-order valence-corrected chi connectivity index (χ2v) is 2.75. The smallest absolute Gasteiger partial charge is 0.0721 e. The molecule has 0 unspecified atom stereocenters. The average molecular weight is 162 g/mol. The van der Waals surface area contributed by atoms with Crippen molar-refractivity contribution in [3.63, 3.8) is 0 Å². The summed E-state index contributed by atoms with van der Waals surface area (Å²) >= 11 is 0. The summed E-state index contributed by atoms with van der Waals surface area (Å²) in [6, 6.07) is 5.81. The number of pyridine rings is 1. The number of hydrogen-bond donors (Lipinski definition) is 1. The van der Waals surface area contributed by atoms with Crippen LogP contribution < -0.4 is 0 Å². The van der Waals surface area contributed by atoms with Crippen LogP contribution >= 0.6 is 0 Å². The average Bonchev–Trinajstić information content (AvgIpc) is 2.40. The summed E-state index contributed by atoms with van der Waals surface area (Å²) in [5.74, 6) is 0. The van der Waals surface area contributed by atoms with E-state index in [4.69, 9.17) is 5.11 Å². The maximum Gasteiger partial charge on any atom is 0.0721 e. The predicted molar refractivity (Wildman–Crippen MR) is 45.9 cm³/mol. The lowest BCUT2D eigenvalue weighted by Crippen LogP contribution is -1.84. The van der Waals surface area contributed by atoms with Gasteiger partial charge in [-0.2, -0.15) is 5.10 Å². The third kappa shape index (κ3) is 0.905. The van der Waals surface area contributed by atoms with E-state index in [1.165, 1.54) is 0 Å². The number of aliphatic hydroxyl groups is 1. The molecular formula is C9H10N2O. The van der Waals surface area contributed by atoms with Crippen LogP contribution in [-0.2, 0) is 6.61 Å². The molecular weight excluding hydrogens is 152 g/mol. The van der Waals surface area contributed by atoms with Gasteiger partial charge in [0.25, 0.3) is 0 Å². The normalized spacial score (nSPS) is 10.8. The van der Waals surface area contributed by atoms with E-state index in [1.807, 2.05) is 31.3 Å². The zero-order chi connectivity index (χ0) is 8.55. The molecule has 0 saturated heterocycles. The summed E-state index contributed by atoms with van der Waals surface area (Å²) < 4.78 is 1.78. The van der Waals surface area contributed by atoms with Crippen LogP contribution in [-0.4, -0.2) is 14.7 Å². The van der Waals surface area contributed by atoms with Gasteiger partial charge in [-0.3, -0.25) is 0 Å².